The predicted molar refractivity (Wildman–Crippen MR) is 75.0 cm³/mol. The number of hydrogen-bond donors (Lipinski definition) is 1. The highest BCUT2D eigenvalue weighted by Gasteiger charge is 2.27. The Hall–Kier alpha value is -0.990. The lowest BCUT2D eigenvalue weighted by Gasteiger charge is -2.20. The van der Waals surface area contributed by atoms with Gasteiger partial charge >= 0.3 is 0 Å². The Balaban J connectivity index is 1.96. The van der Waals surface area contributed by atoms with E-state index >= 15 is 0 Å². The summed E-state index contributed by atoms with van der Waals surface area (Å²) in [5.41, 5.74) is 0.924. The van der Waals surface area contributed by atoms with Gasteiger partial charge in [-0.1, -0.05) is 24.4 Å². The van der Waals surface area contributed by atoms with Gasteiger partial charge in [0.25, 0.3) is 0 Å². The highest BCUT2D eigenvalue weighted by Crippen LogP contribution is 2.37. The quantitative estimate of drug-likeness (QED) is 0.880. The van der Waals surface area contributed by atoms with Crippen molar-refractivity contribution in [1.29, 1.82) is 0 Å². The van der Waals surface area contributed by atoms with E-state index < -0.39 is 0 Å². The second-order valence-corrected chi connectivity index (χ2v) is 5.58. The third-order valence-electron chi connectivity index (χ3n) is 3.99. The largest absolute Gasteiger partial charge is 0.459 e. The van der Waals surface area contributed by atoms with Crippen LogP contribution in [0.4, 0.5) is 0 Å². The van der Waals surface area contributed by atoms with E-state index in [1.807, 2.05) is 25.2 Å². The Morgan fingerprint density at radius 1 is 1.28 bits per heavy atom. The van der Waals surface area contributed by atoms with Crippen LogP contribution in [0.3, 0.4) is 0 Å². The van der Waals surface area contributed by atoms with Crippen molar-refractivity contribution in [3.05, 3.63) is 35.0 Å². The molecule has 2 nitrogen and oxygen atoms in total. The smallest absolute Gasteiger partial charge is 0.134 e. The van der Waals surface area contributed by atoms with Crippen molar-refractivity contribution < 1.29 is 4.42 Å². The minimum atomic E-state index is 0.332. The molecule has 1 aliphatic carbocycles. The number of furan rings is 1. The zero-order valence-electron chi connectivity index (χ0n) is 10.6. The van der Waals surface area contributed by atoms with E-state index in [1.54, 1.807) is 0 Å². The van der Waals surface area contributed by atoms with Crippen LogP contribution in [0.2, 0.25) is 5.02 Å². The lowest BCUT2D eigenvalue weighted by molar-refractivity contribution is 0.336. The van der Waals surface area contributed by atoms with Gasteiger partial charge in [0.15, 0.2) is 0 Å². The number of rotatable bonds is 3. The first-order valence-corrected chi connectivity index (χ1v) is 7.02. The summed E-state index contributed by atoms with van der Waals surface area (Å²) in [6.45, 7) is 0. The summed E-state index contributed by atoms with van der Waals surface area (Å²) in [5, 5.41) is 5.26. The van der Waals surface area contributed by atoms with Crippen LogP contribution in [-0.2, 0) is 0 Å². The van der Waals surface area contributed by atoms with Gasteiger partial charge in [0.05, 0.1) is 6.04 Å². The molecule has 1 aromatic heterocycles. The molecular weight excluding hydrogens is 246 g/mol. The molecule has 1 aromatic carbocycles. The van der Waals surface area contributed by atoms with Crippen LogP contribution in [0, 0.1) is 5.92 Å². The molecule has 0 saturated heterocycles. The standard InChI is InChI=1S/C15H18ClNO/c1-17-15(10-4-2-3-5-10)14-9-11-8-12(16)6-7-13(11)18-14/h6-10,15,17H,2-5H2,1H3. The average Bonchev–Trinajstić information content (AvgIpc) is 2.98. The molecule has 0 bridgehead atoms. The summed E-state index contributed by atoms with van der Waals surface area (Å²) >= 11 is 6.01. The molecular formula is C15H18ClNO. The minimum Gasteiger partial charge on any atom is -0.459 e. The van der Waals surface area contributed by atoms with Gasteiger partial charge in [-0.05, 0) is 50.1 Å². The van der Waals surface area contributed by atoms with Gasteiger partial charge in [0.1, 0.15) is 11.3 Å². The second kappa shape index (κ2) is 4.94. The molecule has 2 aromatic rings. The maximum atomic E-state index is 6.01. The molecule has 1 saturated carbocycles. The zero-order chi connectivity index (χ0) is 12.5. The highest BCUT2D eigenvalue weighted by atomic mass is 35.5. The molecule has 18 heavy (non-hydrogen) atoms. The molecule has 1 unspecified atom stereocenters. The molecule has 96 valence electrons. The number of nitrogens with one attached hydrogen (secondary N) is 1. The van der Waals surface area contributed by atoms with E-state index in [0.717, 1.165) is 21.8 Å². The molecule has 0 aliphatic heterocycles. The number of benzene rings is 1. The van der Waals surface area contributed by atoms with E-state index in [4.69, 9.17) is 16.0 Å². The monoisotopic (exact) mass is 263 g/mol. The van der Waals surface area contributed by atoms with Crippen molar-refractivity contribution in [1.82, 2.24) is 5.32 Å². The first-order chi connectivity index (χ1) is 8.78. The van der Waals surface area contributed by atoms with Gasteiger partial charge in [-0.15, -0.1) is 0 Å². The van der Waals surface area contributed by atoms with E-state index in [0.29, 0.717) is 12.0 Å². The molecule has 3 heteroatoms. The average molecular weight is 264 g/mol. The van der Waals surface area contributed by atoms with Crippen molar-refractivity contribution in [2.75, 3.05) is 7.05 Å². The van der Waals surface area contributed by atoms with E-state index in [9.17, 15) is 0 Å². The summed E-state index contributed by atoms with van der Waals surface area (Å²) in [7, 11) is 2.02. The van der Waals surface area contributed by atoms with Crippen LogP contribution in [0.25, 0.3) is 11.0 Å². The Labute approximate surface area is 112 Å². The fourth-order valence-electron chi connectivity index (χ4n) is 3.09. The summed E-state index contributed by atoms with van der Waals surface area (Å²) in [4.78, 5) is 0. The molecule has 0 spiro atoms. The lowest BCUT2D eigenvalue weighted by atomic mass is 9.96. The van der Waals surface area contributed by atoms with Crippen molar-refractivity contribution in [3.63, 3.8) is 0 Å². The van der Waals surface area contributed by atoms with Crippen LogP contribution >= 0.6 is 11.6 Å². The Morgan fingerprint density at radius 2 is 2.06 bits per heavy atom. The van der Waals surface area contributed by atoms with Crippen molar-refractivity contribution in [2.24, 2.45) is 5.92 Å². The fourth-order valence-corrected chi connectivity index (χ4v) is 3.27. The number of hydrogen-bond acceptors (Lipinski definition) is 2. The lowest BCUT2D eigenvalue weighted by Crippen LogP contribution is -2.22. The minimum absolute atomic E-state index is 0.332. The topological polar surface area (TPSA) is 25.2 Å². The third-order valence-corrected chi connectivity index (χ3v) is 4.22. The summed E-state index contributed by atoms with van der Waals surface area (Å²) < 4.78 is 5.97. The van der Waals surface area contributed by atoms with Gasteiger partial charge in [-0.2, -0.15) is 0 Å². The molecule has 1 fully saturated rings. The normalized spacial score (nSPS) is 18.6. The van der Waals surface area contributed by atoms with E-state index in [2.05, 4.69) is 11.4 Å². The van der Waals surface area contributed by atoms with Crippen LogP contribution in [-0.4, -0.2) is 7.05 Å². The van der Waals surface area contributed by atoms with Crippen LogP contribution in [0.5, 0.6) is 0 Å². The predicted octanol–water partition coefficient (Wildman–Crippen LogP) is 4.54. The van der Waals surface area contributed by atoms with Gasteiger partial charge < -0.3 is 9.73 Å². The molecule has 0 amide bonds. The third kappa shape index (κ3) is 2.15. The molecule has 1 heterocycles. The van der Waals surface area contributed by atoms with Gasteiger partial charge in [-0.3, -0.25) is 0 Å². The van der Waals surface area contributed by atoms with Gasteiger partial charge in [0.2, 0.25) is 0 Å². The second-order valence-electron chi connectivity index (χ2n) is 5.14. The summed E-state index contributed by atoms with van der Waals surface area (Å²) in [5.74, 6) is 1.74. The van der Waals surface area contributed by atoms with E-state index in [-0.39, 0.29) is 0 Å². The van der Waals surface area contributed by atoms with Crippen molar-refractivity contribution >= 4 is 22.6 Å². The maximum absolute atomic E-state index is 6.01. The zero-order valence-corrected chi connectivity index (χ0v) is 11.3. The molecule has 3 rings (SSSR count). The molecule has 1 aliphatic rings. The summed E-state index contributed by atoms with van der Waals surface area (Å²) in [6, 6.07) is 8.24. The number of fused-ring (bicyclic) bond motifs is 1. The Kier molecular flexibility index (Phi) is 3.31. The van der Waals surface area contributed by atoms with Crippen LogP contribution < -0.4 is 5.32 Å². The SMILES string of the molecule is CNC(c1cc2cc(Cl)ccc2o1)C1CCCC1. The van der Waals surface area contributed by atoms with Crippen molar-refractivity contribution in [2.45, 2.75) is 31.7 Å². The first kappa shape index (κ1) is 12.1. The fraction of sp³-hybridized carbons (Fsp3) is 0.467. The van der Waals surface area contributed by atoms with Gasteiger partial charge in [-0.25, -0.2) is 0 Å². The summed E-state index contributed by atoms with van der Waals surface area (Å²) in [6.07, 6.45) is 5.27. The molecule has 0 radical (unpaired) electrons. The maximum Gasteiger partial charge on any atom is 0.134 e. The first-order valence-electron chi connectivity index (χ1n) is 6.64. The van der Waals surface area contributed by atoms with Gasteiger partial charge in [0, 0.05) is 10.4 Å². The Morgan fingerprint density at radius 3 is 2.78 bits per heavy atom. The molecule has 1 atom stereocenters. The number of halogens is 1. The highest BCUT2D eigenvalue weighted by molar-refractivity contribution is 6.31. The van der Waals surface area contributed by atoms with Crippen LogP contribution in [0.1, 0.15) is 37.5 Å². The van der Waals surface area contributed by atoms with Crippen LogP contribution in [0.15, 0.2) is 28.7 Å². The van der Waals surface area contributed by atoms with E-state index in [1.165, 1.54) is 25.7 Å². The van der Waals surface area contributed by atoms with Crippen molar-refractivity contribution in [3.8, 4) is 0 Å². The Bertz CT molecular complexity index is 542. The molecule has 1 N–H and O–H groups in total.